The number of hydrogen-bond donors (Lipinski definition) is 1. The van der Waals surface area contributed by atoms with E-state index in [9.17, 15) is 4.79 Å². The molecule has 0 spiro atoms. The summed E-state index contributed by atoms with van der Waals surface area (Å²) in [4.78, 5) is 16.5. The van der Waals surface area contributed by atoms with Crippen molar-refractivity contribution in [2.75, 3.05) is 5.32 Å². The van der Waals surface area contributed by atoms with E-state index in [2.05, 4.69) is 32.9 Å². The fraction of sp³-hybridized carbons (Fsp3) is 0. The lowest BCUT2D eigenvalue weighted by atomic mass is 10.2. The summed E-state index contributed by atoms with van der Waals surface area (Å²) in [5, 5.41) is 6.17. The molecule has 3 rings (SSSR count). The van der Waals surface area contributed by atoms with Crippen molar-refractivity contribution >= 4 is 68.0 Å². The highest BCUT2D eigenvalue weighted by molar-refractivity contribution is 14.1. The molecule has 3 aromatic rings. The third-order valence-electron chi connectivity index (χ3n) is 2.75. The van der Waals surface area contributed by atoms with Gasteiger partial charge in [0.2, 0.25) is 0 Å². The molecule has 0 fully saturated rings. The SMILES string of the molecule is O=C(Nc1cc(Cl)cc2cccnc12)c1csc(I)c1. The third kappa shape index (κ3) is 2.79. The number of aromatic nitrogens is 1. The minimum atomic E-state index is -0.154. The number of halogens is 2. The van der Waals surface area contributed by atoms with Gasteiger partial charge in [-0.15, -0.1) is 11.3 Å². The van der Waals surface area contributed by atoms with Gasteiger partial charge in [0.25, 0.3) is 5.91 Å². The van der Waals surface area contributed by atoms with Crippen LogP contribution in [0.1, 0.15) is 10.4 Å². The second kappa shape index (κ2) is 5.67. The van der Waals surface area contributed by atoms with E-state index in [1.54, 1.807) is 12.3 Å². The Labute approximate surface area is 138 Å². The maximum atomic E-state index is 12.2. The Kier molecular flexibility index (Phi) is 3.91. The number of anilines is 1. The predicted molar refractivity (Wildman–Crippen MR) is 91.7 cm³/mol. The highest BCUT2D eigenvalue weighted by atomic mass is 127. The quantitative estimate of drug-likeness (QED) is 0.612. The van der Waals surface area contributed by atoms with Crippen molar-refractivity contribution < 1.29 is 4.79 Å². The largest absolute Gasteiger partial charge is 0.320 e. The summed E-state index contributed by atoms with van der Waals surface area (Å²) < 4.78 is 1.07. The molecule has 1 N–H and O–H groups in total. The minimum Gasteiger partial charge on any atom is -0.320 e. The van der Waals surface area contributed by atoms with Gasteiger partial charge in [-0.1, -0.05) is 17.7 Å². The van der Waals surface area contributed by atoms with Crippen LogP contribution in [0.5, 0.6) is 0 Å². The van der Waals surface area contributed by atoms with E-state index >= 15 is 0 Å². The predicted octanol–water partition coefficient (Wildman–Crippen LogP) is 4.81. The zero-order valence-corrected chi connectivity index (χ0v) is 13.8. The first-order valence-electron chi connectivity index (χ1n) is 5.73. The van der Waals surface area contributed by atoms with Crippen LogP contribution in [0.2, 0.25) is 5.02 Å². The molecule has 0 saturated heterocycles. The molecule has 2 aromatic heterocycles. The lowest BCUT2D eigenvalue weighted by Crippen LogP contribution is -2.11. The number of pyridine rings is 1. The summed E-state index contributed by atoms with van der Waals surface area (Å²) in [7, 11) is 0. The van der Waals surface area contributed by atoms with Gasteiger partial charge in [0.15, 0.2) is 0 Å². The van der Waals surface area contributed by atoms with Crippen LogP contribution in [0.15, 0.2) is 41.9 Å². The number of amides is 1. The molecule has 1 aromatic carbocycles. The van der Waals surface area contributed by atoms with Gasteiger partial charge in [0.05, 0.1) is 19.7 Å². The number of nitrogens with one attached hydrogen (secondary N) is 1. The van der Waals surface area contributed by atoms with E-state index in [-0.39, 0.29) is 5.91 Å². The summed E-state index contributed by atoms with van der Waals surface area (Å²) in [5.41, 5.74) is 2.00. The van der Waals surface area contributed by atoms with Gasteiger partial charge in [-0.05, 0) is 46.9 Å². The van der Waals surface area contributed by atoms with E-state index < -0.39 is 0 Å². The summed E-state index contributed by atoms with van der Waals surface area (Å²) in [6.07, 6.45) is 1.69. The Morgan fingerprint density at radius 1 is 1.35 bits per heavy atom. The molecular weight excluding hydrogens is 407 g/mol. The van der Waals surface area contributed by atoms with E-state index in [0.717, 1.165) is 13.8 Å². The first-order chi connectivity index (χ1) is 9.63. The summed E-state index contributed by atoms with van der Waals surface area (Å²) in [6.45, 7) is 0. The highest BCUT2D eigenvalue weighted by Crippen LogP contribution is 2.27. The molecule has 20 heavy (non-hydrogen) atoms. The van der Waals surface area contributed by atoms with Crippen LogP contribution in [0, 0.1) is 2.88 Å². The van der Waals surface area contributed by atoms with Gasteiger partial charge in [0.1, 0.15) is 0 Å². The Balaban J connectivity index is 2.00. The number of rotatable bonds is 2. The number of hydrogen-bond acceptors (Lipinski definition) is 3. The zero-order chi connectivity index (χ0) is 14.1. The molecule has 0 unspecified atom stereocenters. The Morgan fingerprint density at radius 3 is 2.95 bits per heavy atom. The van der Waals surface area contributed by atoms with Crippen molar-refractivity contribution in [1.82, 2.24) is 4.98 Å². The molecule has 0 atom stereocenters. The van der Waals surface area contributed by atoms with Crippen molar-refractivity contribution in [3.05, 3.63) is 55.4 Å². The maximum absolute atomic E-state index is 12.2. The highest BCUT2D eigenvalue weighted by Gasteiger charge is 2.11. The topological polar surface area (TPSA) is 42.0 Å². The maximum Gasteiger partial charge on any atom is 0.256 e. The van der Waals surface area contributed by atoms with Gasteiger partial charge in [-0.3, -0.25) is 9.78 Å². The molecule has 0 aliphatic rings. The number of fused-ring (bicyclic) bond motifs is 1. The zero-order valence-electron chi connectivity index (χ0n) is 10.1. The van der Waals surface area contributed by atoms with Crippen molar-refractivity contribution in [3.63, 3.8) is 0 Å². The monoisotopic (exact) mass is 414 g/mol. The third-order valence-corrected chi connectivity index (χ3v) is 4.75. The summed E-state index contributed by atoms with van der Waals surface area (Å²) in [6, 6.07) is 9.14. The summed E-state index contributed by atoms with van der Waals surface area (Å²) >= 11 is 9.80. The number of carbonyl (C=O) groups excluding carboxylic acids is 1. The molecule has 0 saturated carbocycles. The van der Waals surface area contributed by atoms with E-state index in [1.165, 1.54) is 11.3 Å². The summed E-state index contributed by atoms with van der Waals surface area (Å²) in [5.74, 6) is -0.154. The van der Waals surface area contributed by atoms with Crippen LogP contribution in [0.4, 0.5) is 5.69 Å². The van der Waals surface area contributed by atoms with Crippen LogP contribution in [-0.2, 0) is 0 Å². The van der Waals surface area contributed by atoms with Gasteiger partial charge in [-0.25, -0.2) is 0 Å². The fourth-order valence-electron chi connectivity index (χ4n) is 1.87. The fourth-order valence-corrected chi connectivity index (χ4v) is 3.43. The Hall–Kier alpha value is -1.18. The average Bonchev–Trinajstić information content (AvgIpc) is 2.85. The molecule has 2 heterocycles. The standard InChI is InChI=1S/C14H8ClIN2OS/c15-10-4-8-2-1-3-17-13(8)11(6-10)18-14(19)9-5-12(16)20-7-9/h1-7H,(H,18,19). The number of carbonyl (C=O) groups is 1. The van der Waals surface area contributed by atoms with Crippen molar-refractivity contribution in [2.45, 2.75) is 0 Å². The van der Waals surface area contributed by atoms with E-state index in [4.69, 9.17) is 11.6 Å². The van der Waals surface area contributed by atoms with Gasteiger partial charge < -0.3 is 5.32 Å². The van der Waals surface area contributed by atoms with E-state index in [0.29, 0.717) is 16.3 Å². The molecule has 6 heteroatoms. The van der Waals surface area contributed by atoms with Crippen molar-refractivity contribution in [1.29, 1.82) is 0 Å². The normalized spacial score (nSPS) is 10.7. The van der Waals surface area contributed by atoms with Crippen LogP contribution >= 0.6 is 45.5 Å². The molecule has 0 radical (unpaired) electrons. The molecule has 3 nitrogen and oxygen atoms in total. The second-order valence-corrected chi connectivity index (χ2v) is 7.36. The number of benzene rings is 1. The lowest BCUT2D eigenvalue weighted by molar-refractivity contribution is 0.102. The average molecular weight is 415 g/mol. The number of nitrogens with zero attached hydrogens (tertiary/aromatic N) is 1. The number of thiophene rings is 1. The molecule has 0 aliphatic carbocycles. The lowest BCUT2D eigenvalue weighted by Gasteiger charge is -2.08. The van der Waals surface area contributed by atoms with Crippen LogP contribution in [0.3, 0.4) is 0 Å². The van der Waals surface area contributed by atoms with Crippen LogP contribution in [-0.4, -0.2) is 10.9 Å². The molecule has 1 amide bonds. The van der Waals surface area contributed by atoms with Crippen LogP contribution in [0.25, 0.3) is 10.9 Å². The van der Waals surface area contributed by atoms with Crippen molar-refractivity contribution in [3.8, 4) is 0 Å². The smallest absolute Gasteiger partial charge is 0.256 e. The van der Waals surface area contributed by atoms with E-state index in [1.807, 2.05) is 29.6 Å². The minimum absolute atomic E-state index is 0.154. The first-order valence-corrected chi connectivity index (χ1v) is 8.07. The molecular formula is C14H8ClIN2OS. The van der Waals surface area contributed by atoms with Gasteiger partial charge in [0, 0.05) is 22.0 Å². The molecule has 0 aliphatic heterocycles. The Bertz CT molecular complexity index is 803. The molecule has 0 bridgehead atoms. The Morgan fingerprint density at radius 2 is 2.20 bits per heavy atom. The first kappa shape index (κ1) is 13.8. The second-order valence-electron chi connectivity index (χ2n) is 4.12. The van der Waals surface area contributed by atoms with Gasteiger partial charge in [-0.2, -0.15) is 0 Å². The molecule has 100 valence electrons. The van der Waals surface area contributed by atoms with Crippen LogP contribution < -0.4 is 5.32 Å². The van der Waals surface area contributed by atoms with Crippen molar-refractivity contribution in [2.24, 2.45) is 0 Å². The van der Waals surface area contributed by atoms with Gasteiger partial charge >= 0.3 is 0 Å².